The summed E-state index contributed by atoms with van der Waals surface area (Å²) in [6.45, 7) is 8.92. The van der Waals surface area contributed by atoms with Crippen LogP contribution >= 0.6 is 0 Å². The highest BCUT2D eigenvalue weighted by Crippen LogP contribution is 2.14. The third-order valence-corrected chi connectivity index (χ3v) is 3.59. The zero-order valence-corrected chi connectivity index (χ0v) is 14.5. The van der Waals surface area contributed by atoms with E-state index in [4.69, 9.17) is 4.74 Å². The Morgan fingerprint density at radius 1 is 1.17 bits per heavy atom. The number of carbonyl (C=O) groups excluding carboxylic acids is 1. The number of hydrogen-bond acceptors (Lipinski definition) is 2. The molecule has 2 aromatic carbocycles. The monoisotopic (exact) mass is 323 g/mol. The van der Waals surface area contributed by atoms with Crippen molar-refractivity contribution in [1.29, 1.82) is 0 Å². The maximum absolute atomic E-state index is 12.2. The van der Waals surface area contributed by atoms with Crippen LogP contribution < -0.4 is 10.1 Å². The van der Waals surface area contributed by atoms with Crippen molar-refractivity contribution in [2.75, 3.05) is 13.2 Å². The van der Waals surface area contributed by atoms with Crippen molar-refractivity contribution >= 4 is 5.91 Å². The van der Waals surface area contributed by atoms with Gasteiger partial charge >= 0.3 is 0 Å². The quantitative estimate of drug-likeness (QED) is 0.580. The fourth-order valence-electron chi connectivity index (χ4n) is 2.40. The number of carbonyl (C=O) groups is 1. The second kappa shape index (κ2) is 8.92. The van der Waals surface area contributed by atoms with Crippen LogP contribution in [0.15, 0.2) is 60.7 Å². The molecule has 0 spiro atoms. The molecule has 2 rings (SSSR count). The van der Waals surface area contributed by atoms with E-state index in [0.717, 1.165) is 18.4 Å². The summed E-state index contributed by atoms with van der Waals surface area (Å²) in [5.41, 5.74) is 4.13. The van der Waals surface area contributed by atoms with E-state index < -0.39 is 0 Å². The molecule has 0 bridgehead atoms. The van der Waals surface area contributed by atoms with Crippen LogP contribution in [-0.4, -0.2) is 19.1 Å². The smallest absolute Gasteiger partial charge is 0.251 e. The maximum atomic E-state index is 12.2. The second-order valence-electron chi connectivity index (χ2n) is 6.12. The molecule has 126 valence electrons. The zero-order valence-electron chi connectivity index (χ0n) is 14.5. The SMILES string of the molecule is C=C(C)COc1cccc(C(=O)NCCCc2cccc(C)c2)c1. The van der Waals surface area contributed by atoms with Crippen molar-refractivity contribution in [2.24, 2.45) is 0 Å². The lowest BCUT2D eigenvalue weighted by atomic mass is 10.1. The van der Waals surface area contributed by atoms with Crippen LogP contribution in [-0.2, 0) is 6.42 Å². The van der Waals surface area contributed by atoms with Crippen molar-refractivity contribution < 1.29 is 9.53 Å². The molecule has 0 aromatic heterocycles. The third-order valence-electron chi connectivity index (χ3n) is 3.59. The summed E-state index contributed by atoms with van der Waals surface area (Å²) in [5.74, 6) is 0.616. The van der Waals surface area contributed by atoms with Crippen LogP contribution in [0, 0.1) is 6.92 Å². The van der Waals surface area contributed by atoms with Gasteiger partial charge in [0, 0.05) is 12.1 Å². The van der Waals surface area contributed by atoms with Gasteiger partial charge in [0.15, 0.2) is 0 Å². The van der Waals surface area contributed by atoms with Crippen LogP contribution in [0.25, 0.3) is 0 Å². The van der Waals surface area contributed by atoms with E-state index in [1.54, 1.807) is 12.1 Å². The molecule has 0 heterocycles. The first-order valence-corrected chi connectivity index (χ1v) is 8.25. The number of amides is 1. The molecule has 0 atom stereocenters. The van der Waals surface area contributed by atoms with Crippen molar-refractivity contribution in [1.82, 2.24) is 5.32 Å². The summed E-state index contributed by atoms with van der Waals surface area (Å²) in [6, 6.07) is 15.7. The molecule has 0 unspecified atom stereocenters. The van der Waals surface area contributed by atoms with Crippen LogP contribution in [0.1, 0.15) is 34.8 Å². The summed E-state index contributed by atoms with van der Waals surface area (Å²) >= 11 is 0. The number of benzene rings is 2. The first-order chi connectivity index (χ1) is 11.5. The molecule has 1 amide bonds. The van der Waals surface area contributed by atoms with E-state index in [1.807, 2.05) is 19.1 Å². The largest absolute Gasteiger partial charge is 0.489 e. The van der Waals surface area contributed by atoms with E-state index in [1.165, 1.54) is 11.1 Å². The number of nitrogens with one attached hydrogen (secondary N) is 1. The van der Waals surface area contributed by atoms with E-state index in [2.05, 4.69) is 43.1 Å². The molecule has 3 heteroatoms. The molecule has 0 fully saturated rings. The number of ether oxygens (including phenoxy) is 1. The standard InChI is InChI=1S/C21H25NO2/c1-16(2)15-24-20-11-5-10-19(14-20)21(23)22-12-6-9-18-8-4-7-17(3)13-18/h4-5,7-8,10-11,13-14H,1,6,9,12,15H2,2-3H3,(H,22,23). The fraction of sp³-hybridized carbons (Fsp3) is 0.286. The van der Waals surface area contributed by atoms with E-state index in [0.29, 0.717) is 24.5 Å². The van der Waals surface area contributed by atoms with Gasteiger partial charge in [0.25, 0.3) is 5.91 Å². The van der Waals surface area contributed by atoms with E-state index >= 15 is 0 Å². The number of hydrogen-bond donors (Lipinski definition) is 1. The molecule has 0 saturated heterocycles. The fourth-order valence-corrected chi connectivity index (χ4v) is 2.40. The van der Waals surface area contributed by atoms with Crippen LogP contribution in [0.3, 0.4) is 0 Å². The van der Waals surface area contributed by atoms with Gasteiger partial charge in [-0.15, -0.1) is 0 Å². The van der Waals surface area contributed by atoms with Crippen LogP contribution in [0.2, 0.25) is 0 Å². The topological polar surface area (TPSA) is 38.3 Å². The lowest BCUT2D eigenvalue weighted by Gasteiger charge is -2.09. The minimum atomic E-state index is -0.0694. The summed E-state index contributed by atoms with van der Waals surface area (Å²) in [5, 5.41) is 2.96. The highest BCUT2D eigenvalue weighted by molar-refractivity contribution is 5.94. The van der Waals surface area contributed by atoms with Crippen molar-refractivity contribution in [3.63, 3.8) is 0 Å². The van der Waals surface area contributed by atoms with Gasteiger partial charge < -0.3 is 10.1 Å². The molecule has 0 aliphatic carbocycles. The Morgan fingerprint density at radius 3 is 2.71 bits per heavy atom. The van der Waals surface area contributed by atoms with Crippen molar-refractivity contribution in [3.05, 3.63) is 77.4 Å². The maximum Gasteiger partial charge on any atom is 0.251 e. The molecule has 0 radical (unpaired) electrons. The molecule has 0 saturated carbocycles. The van der Waals surface area contributed by atoms with Gasteiger partial charge in [-0.25, -0.2) is 0 Å². The Labute approximate surface area is 144 Å². The van der Waals surface area contributed by atoms with Gasteiger partial charge in [0.1, 0.15) is 12.4 Å². The second-order valence-corrected chi connectivity index (χ2v) is 6.12. The molecule has 0 aliphatic heterocycles. The van der Waals surface area contributed by atoms with Gasteiger partial charge in [-0.05, 0) is 56.0 Å². The normalized spacial score (nSPS) is 10.2. The van der Waals surface area contributed by atoms with Gasteiger partial charge in [0.05, 0.1) is 0 Å². The van der Waals surface area contributed by atoms with Gasteiger partial charge in [0.2, 0.25) is 0 Å². The minimum absolute atomic E-state index is 0.0694. The summed E-state index contributed by atoms with van der Waals surface area (Å²) in [7, 11) is 0. The highest BCUT2D eigenvalue weighted by atomic mass is 16.5. The molecule has 2 aromatic rings. The van der Waals surface area contributed by atoms with Crippen LogP contribution in [0.5, 0.6) is 5.75 Å². The Bertz CT molecular complexity index is 706. The summed E-state index contributed by atoms with van der Waals surface area (Å²) in [6.07, 6.45) is 1.88. The summed E-state index contributed by atoms with van der Waals surface area (Å²) < 4.78 is 5.57. The molecule has 3 nitrogen and oxygen atoms in total. The molecular weight excluding hydrogens is 298 g/mol. The molecule has 24 heavy (non-hydrogen) atoms. The van der Waals surface area contributed by atoms with Crippen LogP contribution in [0.4, 0.5) is 0 Å². The molecule has 1 N–H and O–H groups in total. The number of rotatable bonds is 8. The Kier molecular flexibility index (Phi) is 6.62. The van der Waals surface area contributed by atoms with Gasteiger partial charge in [-0.1, -0.05) is 42.5 Å². The first kappa shape index (κ1) is 17.8. The third kappa shape index (κ3) is 5.92. The zero-order chi connectivity index (χ0) is 17.4. The van der Waals surface area contributed by atoms with E-state index in [9.17, 15) is 4.79 Å². The molecule has 0 aliphatic rings. The Balaban J connectivity index is 1.79. The predicted molar refractivity (Wildman–Crippen MR) is 98.6 cm³/mol. The minimum Gasteiger partial charge on any atom is -0.489 e. The molecular formula is C21H25NO2. The highest BCUT2D eigenvalue weighted by Gasteiger charge is 2.06. The van der Waals surface area contributed by atoms with Crippen molar-refractivity contribution in [3.8, 4) is 5.75 Å². The predicted octanol–water partition coefficient (Wildman–Crippen LogP) is 4.31. The summed E-state index contributed by atoms with van der Waals surface area (Å²) in [4.78, 5) is 12.2. The lowest BCUT2D eigenvalue weighted by molar-refractivity contribution is 0.0953. The lowest BCUT2D eigenvalue weighted by Crippen LogP contribution is -2.24. The Morgan fingerprint density at radius 2 is 1.96 bits per heavy atom. The first-order valence-electron chi connectivity index (χ1n) is 8.25. The van der Waals surface area contributed by atoms with E-state index in [-0.39, 0.29) is 5.91 Å². The van der Waals surface area contributed by atoms with Crippen molar-refractivity contribution in [2.45, 2.75) is 26.7 Å². The van der Waals surface area contributed by atoms with Gasteiger partial charge in [-0.2, -0.15) is 0 Å². The average molecular weight is 323 g/mol. The Hall–Kier alpha value is -2.55. The number of aryl methyl sites for hydroxylation is 2. The van der Waals surface area contributed by atoms with Gasteiger partial charge in [-0.3, -0.25) is 4.79 Å². The average Bonchev–Trinajstić information content (AvgIpc) is 2.57.